The van der Waals surface area contributed by atoms with Gasteiger partial charge in [-0.1, -0.05) is 6.07 Å². The van der Waals surface area contributed by atoms with Crippen molar-refractivity contribution < 1.29 is 21.2 Å². The number of halogens is 1. The zero-order chi connectivity index (χ0) is 15.7. The van der Waals surface area contributed by atoms with Gasteiger partial charge in [-0.15, -0.1) is 0 Å². The van der Waals surface area contributed by atoms with Crippen LogP contribution in [0.2, 0.25) is 0 Å². The third kappa shape index (κ3) is 3.76. The van der Waals surface area contributed by atoms with Crippen LogP contribution in [-0.2, 0) is 19.9 Å². The van der Waals surface area contributed by atoms with E-state index in [1.165, 1.54) is 24.3 Å². The van der Waals surface area contributed by atoms with Crippen LogP contribution in [0.1, 0.15) is 0 Å². The van der Waals surface area contributed by atoms with E-state index in [0.717, 1.165) is 24.5 Å². The lowest BCUT2D eigenvalue weighted by atomic mass is 10.4. The van der Waals surface area contributed by atoms with Gasteiger partial charge in [0, 0.05) is 6.26 Å². The van der Waals surface area contributed by atoms with E-state index in [1.54, 1.807) is 0 Å². The first-order valence-corrected chi connectivity index (χ1v) is 9.01. The summed E-state index contributed by atoms with van der Waals surface area (Å²) in [5.74, 6) is -0.982. The van der Waals surface area contributed by atoms with Gasteiger partial charge in [0.25, 0.3) is 10.0 Å². The van der Waals surface area contributed by atoms with Gasteiger partial charge in [-0.2, -0.15) is 4.39 Å². The molecular formula is C12H11FN2O4S2. The predicted molar refractivity (Wildman–Crippen MR) is 74.6 cm³/mol. The molecule has 0 saturated carbocycles. The largest absolute Gasteiger partial charge is 0.263 e. The van der Waals surface area contributed by atoms with E-state index >= 15 is 0 Å². The van der Waals surface area contributed by atoms with E-state index in [-0.39, 0.29) is 15.6 Å². The van der Waals surface area contributed by atoms with Crippen LogP contribution in [0, 0.1) is 5.95 Å². The quantitative estimate of drug-likeness (QED) is 0.856. The van der Waals surface area contributed by atoms with Crippen molar-refractivity contribution in [3.63, 3.8) is 0 Å². The van der Waals surface area contributed by atoms with E-state index in [0.29, 0.717) is 0 Å². The fraction of sp³-hybridized carbons (Fsp3) is 0.0833. The summed E-state index contributed by atoms with van der Waals surface area (Å²) in [6, 6.07) is 8.36. The molecule has 0 saturated heterocycles. The van der Waals surface area contributed by atoms with Gasteiger partial charge in [0.1, 0.15) is 5.82 Å². The SMILES string of the molecule is CS(=O)(=O)c1ccc(S(=O)(=O)Nc2cccc(F)n2)cc1. The van der Waals surface area contributed by atoms with E-state index < -0.39 is 25.8 Å². The van der Waals surface area contributed by atoms with Gasteiger partial charge >= 0.3 is 0 Å². The fourth-order valence-corrected chi connectivity index (χ4v) is 3.16. The molecule has 0 spiro atoms. The number of anilines is 1. The average molecular weight is 330 g/mol. The standard InChI is InChI=1S/C12H11FN2O4S2/c1-20(16,17)9-5-7-10(8-6-9)21(18,19)15-12-4-2-3-11(13)14-12/h2-8H,1H3,(H,14,15). The highest BCUT2D eigenvalue weighted by molar-refractivity contribution is 7.92. The van der Waals surface area contributed by atoms with Gasteiger partial charge < -0.3 is 0 Å². The Morgan fingerprint density at radius 2 is 1.52 bits per heavy atom. The normalized spacial score (nSPS) is 12.1. The fourth-order valence-electron chi connectivity index (χ4n) is 1.53. The van der Waals surface area contributed by atoms with E-state index in [9.17, 15) is 21.2 Å². The number of pyridine rings is 1. The van der Waals surface area contributed by atoms with Crippen molar-refractivity contribution in [2.75, 3.05) is 11.0 Å². The zero-order valence-corrected chi connectivity index (χ0v) is 12.4. The molecule has 2 aromatic rings. The Morgan fingerprint density at radius 1 is 0.952 bits per heavy atom. The minimum Gasteiger partial charge on any atom is -0.263 e. The first kappa shape index (κ1) is 15.4. The summed E-state index contributed by atoms with van der Waals surface area (Å²) >= 11 is 0. The molecule has 0 radical (unpaired) electrons. The molecule has 21 heavy (non-hydrogen) atoms. The van der Waals surface area contributed by atoms with Crippen molar-refractivity contribution in [3.8, 4) is 0 Å². The summed E-state index contributed by atoms with van der Waals surface area (Å²) in [6.07, 6.45) is 1.02. The molecule has 0 aliphatic rings. The van der Waals surface area contributed by atoms with Crippen LogP contribution in [-0.4, -0.2) is 28.1 Å². The molecule has 1 heterocycles. The van der Waals surface area contributed by atoms with Crippen molar-refractivity contribution in [1.29, 1.82) is 0 Å². The van der Waals surface area contributed by atoms with Gasteiger partial charge in [0.05, 0.1) is 9.79 Å². The predicted octanol–water partition coefficient (Wildman–Crippen LogP) is 1.43. The second-order valence-corrected chi connectivity index (χ2v) is 7.89. The van der Waals surface area contributed by atoms with Crippen molar-refractivity contribution in [3.05, 3.63) is 48.4 Å². The molecule has 112 valence electrons. The molecule has 9 heteroatoms. The number of benzene rings is 1. The van der Waals surface area contributed by atoms with Crippen LogP contribution in [0.3, 0.4) is 0 Å². The first-order chi connectivity index (χ1) is 9.68. The smallest absolute Gasteiger partial charge is 0.263 e. The molecule has 0 atom stereocenters. The number of sulfone groups is 1. The Hall–Kier alpha value is -2.00. The van der Waals surface area contributed by atoms with Gasteiger partial charge in [0.15, 0.2) is 9.84 Å². The zero-order valence-electron chi connectivity index (χ0n) is 10.8. The highest BCUT2D eigenvalue weighted by Crippen LogP contribution is 2.17. The Bertz CT molecular complexity index is 862. The molecule has 1 N–H and O–H groups in total. The third-order valence-corrected chi connectivity index (χ3v) is 5.02. The van der Waals surface area contributed by atoms with Crippen LogP contribution in [0.4, 0.5) is 10.2 Å². The Morgan fingerprint density at radius 3 is 2.05 bits per heavy atom. The van der Waals surface area contributed by atoms with E-state index in [2.05, 4.69) is 9.71 Å². The average Bonchev–Trinajstić information content (AvgIpc) is 2.37. The number of hydrogen-bond donors (Lipinski definition) is 1. The summed E-state index contributed by atoms with van der Waals surface area (Å²) in [7, 11) is -7.37. The molecule has 0 fully saturated rings. The van der Waals surface area contributed by atoms with Crippen LogP contribution in [0.5, 0.6) is 0 Å². The number of nitrogens with zero attached hydrogens (tertiary/aromatic N) is 1. The molecule has 6 nitrogen and oxygen atoms in total. The molecular weight excluding hydrogens is 319 g/mol. The lowest BCUT2D eigenvalue weighted by Gasteiger charge is -2.07. The topological polar surface area (TPSA) is 93.2 Å². The summed E-state index contributed by atoms with van der Waals surface area (Å²) in [4.78, 5) is 3.24. The molecule has 0 amide bonds. The van der Waals surface area contributed by atoms with Crippen LogP contribution >= 0.6 is 0 Å². The first-order valence-electron chi connectivity index (χ1n) is 5.64. The Kier molecular flexibility index (Phi) is 3.97. The summed E-state index contributed by atoms with van der Waals surface area (Å²) in [6.45, 7) is 0. The molecule has 0 aliphatic carbocycles. The molecule has 0 bridgehead atoms. The van der Waals surface area contributed by atoms with Crippen molar-refractivity contribution >= 4 is 25.7 Å². The lowest BCUT2D eigenvalue weighted by molar-refractivity contribution is 0.584. The van der Waals surface area contributed by atoms with Gasteiger partial charge in [0.2, 0.25) is 5.95 Å². The van der Waals surface area contributed by atoms with Gasteiger partial charge in [-0.3, -0.25) is 4.72 Å². The minimum atomic E-state index is -3.97. The number of rotatable bonds is 4. The van der Waals surface area contributed by atoms with E-state index in [4.69, 9.17) is 0 Å². The monoisotopic (exact) mass is 330 g/mol. The molecule has 1 aromatic carbocycles. The third-order valence-electron chi connectivity index (χ3n) is 2.52. The Balaban J connectivity index is 2.32. The highest BCUT2D eigenvalue weighted by Gasteiger charge is 2.16. The minimum absolute atomic E-state index is 0.00494. The van der Waals surface area contributed by atoms with Gasteiger partial charge in [-0.05, 0) is 36.4 Å². The molecule has 0 unspecified atom stereocenters. The molecule has 2 rings (SSSR count). The maximum absolute atomic E-state index is 12.9. The highest BCUT2D eigenvalue weighted by atomic mass is 32.2. The Labute approximate surface area is 121 Å². The number of aromatic nitrogens is 1. The summed E-state index contributed by atoms with van der Waals surface area (Å²) in [5, 5.41) is 0. The van der Waals surface area contributed by atoms with Crippen molar-refractivity contribution in [1.82, 2.24) is 4.98 Å². The molecule has 1 aromatic heterocycles. The summed E-state index contributed by atoms with van der Waals surface area (Å²) < 4.78 is 61.7. The summed E-state index contributed by atoms with van der Waals surface area (Å²) in [5.41, 5.74) is 0. The maximum atomic E-state index is 12.9. The van der Waals surface area contributed by atoms with E-state index in [1.807, 2.05) is 0 Å². The van der Waals surface area contributed by atoms with Crippen LogP contribution in [0.15, 0.2) is 52.3 Å². The second-order valence-electron chi connectivity index (χ2n) is 4.19. The lowest BCUT2D eigenvalue weighted by Crippen LogP contribution is -2.14. The number of sulfonamides is 1. The number of hydrogen-bond acceptors (Lipinski definition) is 5. The van der Waals surface area contributed by atoms with Crippen LogP contribution in [0.25, 0.3) is 0 Å². The van der Waals surface area contributed by atoms with Crippen molar-refractivity contribution in [2.24, 2.45) is 0 Å². The second kappa shape index (κ2) is 5.41. The van der Waals surface area contributed by atoms with Gasteiger partial charge in [-0.25, -0.2) is 21.8 Å². The molecule has 0 aliphatic heterocycles. The maximum Gasteiger partial charge on any atom is 0.263 e. The van der Waals surface area contributed by atoms with Crippen LogP contribution < -0.4 is 4.72 Å². The number of nitrogens with one attached hydrogen (secondary N) is 1. The van der Waals surface area contributed by atoms with Crippen molar-refractivity contribution in [2.45, 2.75) is 9.79 Å².